The maximum absolute atomic E-state index is 11.4. The number of aromatic nitrogens is 2. The lowest BCUT2D eigenvalue weighted by atomic mass is 10.1. The molecule has 2 N–H and O–H groups in total. The van der Waals surface area contributed by atoms with Crippen LogP contribution < -0.4 is 5.32 Å². The van der Waals surface area contributed by atoms with Gasteiger partial charge in [0, 0.05) is 12.6 Å². The fourth-order valence-corrected chi connectivity index (χ4v) is 1.11. The molecule has 1 aromatic rings. The Morgan fingerprint density at radius 1 is 1.71 bits per heavy atom. The Balaban J connectivity index is 2.22. The number of hydrogen-bond donors (Lipinski definition) is 2. The van der Waals surface area contributed by atoms with Gasteiger partial charge in [-0.2, -0.15) is 5.10 Å². The second-order valence-corrected chi connectivity index (χ2v) is 3.58. The number of rotatable bonds is 5. The molecule has 1 rings (SSSR count). The maximum Gasteiger partial charge on any atom is 0.220 e. The highest BCUT2D eigenvalue weighted by Gasteiger charge is 2.06. The molecule has 1 unspecified atom stereocenters. The lowest BCUT2D eigenvalue weighted by Gasteiger charge is -2.07. The zero-order valence-electron chi connectivity index (χ0n) is 8.71. The van der Waals surface area contributed by atoms with Crippen molar-refractivity contribution in [2.75, 3.05) is 0 Å². The first-order chi connectivity index (χ1) is 6.72. The summed E-state index contributed by atoms with van der Waals surface area (Å²) in [6.07, 6.45) is 3.32. The molecule has 78 valence electrons. The van der Waals surface area contributed by atoms with E-state index in [0.29, 0.717) is 18.9 Å². The molecule has 0 fully saturated rings. The zero-order chi connectivity index (χ0) is 10.4. The predicted octanol–water partition coefficient (Wildman–Crippen LogP) is 1.46. The maximum atomic E-state index is 11.4. The lowest BCUT2D eigenvalue weighted by Crippen LogP contribution is -2.24. The van der Waals surface area contributed by atoms with Crippen molar-refractivity contribution in [3.8, 4) is 0 Å². The number of nitrogens with zero attached hydrogens (tertiary/aromatic N) is 1. The van der Waals surface area contributed by atoms with Crippen LogP contribution in [0.3, 0.4) is 0 Å². The third kappa shape index (κ3) is 3.60. The second kappa shape index (κ2) is 5.42. The quantitative estimate of drug-likeness (QED) is 0.747. The molecule has 0 aliphatic carbocycles. The Morgan fingerprint density at radius 3 is 3.07 bits per heavy atom. The van der Waals surface area contributed by atoms with Gasteiger partial charge < -0.3 is 5.32 Å². The molecule has 0 bridgehead atoms. The SMILES string of the molecule is CCC(C)CC(=O)NCc1ccn[nH]1. The van der Waals surface area contributed by atoms with E-state index in [9.17, 15) is 4.79 Å². The van der Waals surface area contributed by atoms with E-state index in [1.165, 1.54) is 0 Å². The summed E-state index contributed by atoms with van der Waals surface area (Å²) in [6, 6.07) is 1.85. The molecule has 0 aliphatic rings. The van der Waals surface area contributed by atoms with Gasteiger partial charge in [0.25, 0.3) is 0 Å². The van der Waals surface area contributed by atoms with Crippen molar-refractivity contribution < 1.29 is 4.79 Å². The third-order valence-corrected chi connectivity index (χ3v) is 2.27. The zero-order valence-corrected chi connectivity index (χ0v) is 8.71. The molecule has 0 aliphatic heterocycles. The molecule has 4 nitrogen and oxygen atoms in total. The fourth-order valence-electron chi connectivity index (χ4n) is 1.11. The van der Waals surface area contributed by atoms with Crippen LogP contribution in [0.2, 0.25) is 0 Å². The highest BCUT2D eigenvalue weighted by atomic mass is 16.1. The summed E-state index contributed by atoms with van der Waals surface area (Å²) in [5, 5.41) is 9.44. The first-order valence-electron chi connectivity index (χ1n) is 4.97. The smallest absolute Gasteiger partial charge is 0.220 e. The van der Waals surface area contributed by atoms with Gasteiger partial charge >= 0.3 is 0 Å². The molecule has 0 spiro atoms. The molecule has 1 amide bonds. The summed E-state index contributed by atoms with van der Waals surface area (Å²) < 4.78 is 0. The highest BCUT2D eigenvalue weighted by Crippen LogP contribution is 2.05. The number of carbonyl (C=O) groups excluding carboxylic acids is 1. The van der Waals surface area contributed by atoms with E-state index in [-0.39, 0.29) is 5.91 Å². The number of hydrogen-bond acceptors (Lipinski definition) is 2. The molecule has 0 saturated heterocycles. The highest BCUT2D eigenvalue weighted by molar-refractivity contribution is 5.75. The Bertz CT molecular complexity index is 269. The molecule has 1 heterocycles. The number of aromatic amines is 1. The van der Waals surface area contributed by atoms with Crippen molar-refractivity contribution in [1.82, 2.24) is 15.5 Å². The summed E-state index contributed by atoms with van der Waals surface area (Å²) in [6.45, 7) is 4.71. The summed E-state index contributed by atoms with van der Waals surface area (Å²) >= 11 is 0. The van der Waals surface area contributed by atoms with Gasteiger partial charge in [0.1, 0.15) is 0 Å². The molecular weight excluding hydrogens is 178 g/mol. The van der Waals surface area contributed by atoms with Crippen molar-refractivity contribution in [2.45, 2.75) is 33.2 Å². The summed E-state index contributed by atoms with van der Waals surface area (Å²) in [7, 11) is 0. The van der Waals surface area contributed by atoms with Crippen LogP contribution in [0.4, 0.5) is 0 Å². The van der Waals surface area contributed by atoms with E-state index in [4.69, 9.17) is 0 Å². The molecule has 0 radical (unpaired) electrons. The van der Waals surface area contributed by atoms with Crippen molar-refractivity contribution in [3.63, 3.8) is 0 Å². The van der Waals surface area contributed by atoms with E-state index < -0.39 is 0 Å². The van der Waals surface area contributed by atoms with Gasteiger partial charge in [-0.1, -0.05) is 20.3 Å². The van der Waals surface area contributed by atoms with Crippen LogP contribution in [-0.2, 0) is 11.3 Å². The van der Waals surface area contributed by atoms with E-state index in [2.05, 4.69) is 29.4 Å². The van der Waals surface area contributed by atoms with Crippen LogP contribution in [0.15, 0.2) is 12.3 Å². The number of H-pyrrole nitrogens is 1. The Morgan fingerprint density at radius 2 is 2.50 bits per heavy atom. The number of nitrogens with one attached hydrogen (secondary N) is 2. The fraction of sp³-hybridized carbons (Fsp3) is 0.600. The monoisotopic (exact) mass is 195 g/mol. The van der Waals surface area contributed by atoms with Crippen LogP contribution >= 0.6 is 0 Å². The van der Waals surface area contributed by atoms with E-state index >= 15 is 0 Å². The van der Waals surface area contributed by atoms with E-state index in [1.807, 2.05) is 6.07 Å². The largest absolute Gasteiger partial charge is 0.350 e. The first kappa shape index (κ1) is 10.8. The van der Waals surface area contributed by atoms with E-state index in [0.717, 1.165) is 12.1 Å². The molecule has 0 aromatic carbocycles. The Labute approximate surface area is 84.1 Å². The van der Waals surface area contributed by atoms with Gasteiger partial charge in [-0.05, 0) is 12.0 Å². The lowest BCUT2D eigenvalue weighted by molar-refractivity contribution is -0.122. The van der Waals surface area contributed by atoms with Crippen LogP contribution in [0.25, 0.3) is 0 Å². The normalized spacial score (nSPS) is 12.4. The summed E-state index contributed by atoms with van der Waals surface area (Å²) in [5.74, 6) is 0.561. The predicted molar refractivity (Wildman–Crippen MR) is 54.5 cm³/mol. The van der Waals surface area contributed by atoms with Crippen LogP contribution in [0, 0.1) is 5.92 Å². The standard InChI is InChI=1S/C10H17N3O/c1-3-8(2)6-10(14)11-7-9-4-5-12-13-9/h4-5,8H,3,6-7H2,1-2H3,(H,11,14)(H,12,13). The molecule has 1 aromatic heterocycles. The van der Waals surface area contributed by atoms with Gasteiger partial charge in [0.05, 0.1) is 12.2 Å². The summed E-state index contributed by atoms with van der Waals surface area (Å²) in [5.41, 5.74) is 0.933. The van der Waals surface area contributed by atoms with Crippen molar-refractivity contribution >= 4 is 5.91 Å². The second-order valence-electron chi connectivity index (χ2n) is 3.58. The Hall–Kier alpha value is -1.32. The van der Waals surface area contributed by atoms with Gasteiger partial charge in [-0.25, -0.2) is 0 Å². The molecular formula is C10H17N3O. The van der Waals surface area contributed by atoms with Gasteiger partial charge in [0.15, 0.2) is 0 Å². The minimum absolute atomic E-state index is 0.106. The average Bonchev–Trinajstić information content (AvgIpc) is 2.67. The minimum Gasteiger partial charge on any atom is -0.350 e. The van der Waals surface area contributed by atoms with Crippen LogP contribution in [-0.4, -0.2) is 16.1 Å². The van der Waals surface area contributed by atoms with Crippen molar-refractivity contribution in [2.24, 2.45) is 5.92 Å². The molecule has 0 saturated carbocycles. The third-order valence-electron chi connectivity index (χ3n) is 2.27. The first-order valence-corrected chi connectivity index (χ1v) is 4.97. The number of amides is 1. The van der Waals surface area contributed by atoms with E-state index in [1.54, 1.807) is 6.20 Å². The Kier molecular flexibility index (Phi) is 4.16. The van der Waals surface area contributed by atoms with Gasteiger partial charge in [0.2, 0.25) is 5.91 Å². The van der Waals surface area contributed by atoms with Gasteiger partial charge in [-0.15, -0.1) is 0 Å². The number of carbonyl (C=O) groups is 1. The van der Waals surface area contributed by atoms with Gasteiger partial charge in [-0.3, -0.25) is 9.89 Å². The molecule has 1 atom stereocenters. The molecule has 4 heteroatoms. The summed E-state index contributed by atoms with van der Waals surface area (Å²) in [4.78, 5) is 11.4. The topological polar surface area (TPSA) is 57.8 Å². The van der Waals surface area contributed by atoms with Crippen LogP contribution in [0.5, 0.6) is 0 Å². The van der Waals surface area contributed by atoms with Crippen molar-refractivity contribution in [3.05, 3.63) is 18.0 Å². The molecule has 14 heavy (non-hydrogen) atoms. The van der Waals surface area contributed by atoms with Crippen LogP contribution in [0.1, 0.15) is 32.4 Å². The minimum atomic E-state index is 0.106. The average molecular weight is 195 g/mol. The van der Waals surface area contributed by atoms with Crippen molar-refractivity contribution in [1.29, 1.82) is 0 Å².